The maximum atomic E-state index is 8.70. The standard InChI is InChI=1S/C11H18N4O2/c1-15(2)13-7-8-4-5-10(17-3)9(6-8)11(12)14-16/h4-6,13,16H,7H2,1-3H3,(H2,12,14). The Morgan fingerprint density at radius 2 is 2.24 bits per heavy atom. The third-order valence-electron chi connectivity index (χ3n) is 2.25. The number of hydrazine groups is 1. The van der Waals surface area contributed by atoms with Gasteiger partial charge in [-0.1, -0.05) is 11.2 Å². The van der Waals surface area contributed by atoms with Crippen molar-refractivity contribution in [2.24, 2.45) is 10.9 Å². The maximum absolute atomic E-state index is 8.70. The van der Waals surface area contributed by atoms with Crippen LogP contribution in [-0.4, -0.2) is 37.3 Å². The average molecular weight is 238 g/mol. The van der Waals surface area contributed by atoms with Crippen LogP contribution in [0.4, 0.5) is 0 Å². The van der Waals surface area contributed by atoms with Crippen molar-refractivity contribution in [3.63, 3.8) is 0 Å². The molecule has 0 saturated heterocycles. The van der Waals surface area contributed by atoms with E-state index in [0.717, 1.165) is 5.56 Å². The summed E-state index contributed by atoms with van der Waals surface area (Å²) in [4.78, 5) is 0. The number of nitrogens with zero attached hydrogens (tertiary/aromatic N) is 2. The van der Waals surface area contributed by atoms with Gasteiger partial charge in [-0.05, 0) is 17.7 Å². The van der Waals surface area contributed by atoms with E-state index in [1.807, 2.05) is 31.2 Å². The summed E-state index contributed by atoms with van der Waals surface area (Å²) in [7, 11) is 5.36. The number of methoxy groups -OCH3 is 1. The van der Waals surface area contributed by atoms with Gasteiger partial charge in [-0.3, -0.25) is 10.4 Å². The molecule has 0 saturated carbocycles. The molecule has 94 valence electrons. The molecule has 0 bridgehead atoms. The molecule has 6 nitrogen and oxygen atoms in total. The fourth-order valence-electron chi connectivity index (χ4n) is 1.37. The number of hydrogen-bond donors (Lipinski definition) is 3. The lowest BCUT2D eigenvalue weighted by molar-refractivity contribution is 0.286. The SMILES string of the molecule is COc1ccc(CNN(C)C)cc1/C(N)=N/O. The van der Waals surface area contributed by atoms with Crippen molar-refractivity contribution < 1.29 is 9.94 Å². The van der Waals surface area contributed by atoms with E-state index in [1.165, 1.54) is 0 Å². The topological polar surface area (TPSA) is 83.1 Å². The lowest BCUT2D eigenvalue weighted by Gasteiger charge is -2.13. The first-order valence-electron chi connectivity index (χ1n) is 5.14. The molecule has 1 aromatic rings. The van der Waals surface area contributed by atoms with E-state index in [2.05, 4.69) is 10.6 Å². The van der Waals surface area contributed by atoms with Crippen LogP contribution in [0, 0.1) is 0 Å². The highest BCUT2D eigenvalue weighted by Gasteiger charge is 2.08. The zero-order chi connectivity index (χ0) is 12.8. The highest BCUT2D eigenvalue weighted by molar-refractivity contribution is 5.99. The molecule has 0 aliphatic heterocycles. The fourth-order valence-corrected chi connectivity index (χ4v) is 1.37. The van der Waals surface area contributed by atoms with Crippen LogP contribution in [0.2, 0.25) is 0 Å². The Labute approximate surface area is 101 Å². The van der Waals surface area contributed by atoms with E-state index in [4.69, 9.17) is 15.7 Å². The van der Waals surface area contributed by atoms with Gasteiger partial charge in [0.25, 0.3) is 0 Å². The van der Waals surface area contributed by atoms with Crippen molar-refractivity contribution in [3.8, 4) is 5.75 Å². The quantitative estimate of drug-likeness (QED) is 0.298. The smallest absolute Gasteiger partial charge is 0.173 e. The van der Waals surface area contributed by atoms with Gasteiger partial charge < -0.3 is 15.7 Å². The first kappa shape index (κ1) is 13.3. The molecular weight excluding hydrogens is 220 g/mol. The van der Waals surface area contributed by atoms with Crippen LogP contribution < -0.4 is 15.9 Å². The average Bonchev–Trinajstić information content (AvgIpc) is 2.34. The number of nitrogens with two attached hydrogens (primary N) is 1. The molecule has 0 aromatic heterocycles. The van der Waals surface area contributed by atoms with E-state index in [1.54, 1.807) is 13.2 Å². The minimum absolute atomic E-state index is 0.0357. The molecule has 0 atom stereocenters. The van der Waals surface area contributed by atoms with Gasteiger partial charge in [0.05, 0.1) is 12.7 Å². The summed E-state index contributed by atoms with van der Waals surface area (Å²) in [5.74, 6) is 0.613. The van der Waals surface area contributed by atoms with Crippen molar-refractivity contribution in [1.82, 2.24) is 10.4 Å². The summed E-state index contributed by atoms with van der Waals surface area (Å²) in [6.07, 6.45) is 0. The van der Waals surface area contributed by atoms with Gasteiger partial charge >= 0.3 is 0 Å². The Balaban J connectivity index is 2.96. The summed E-state index contributed by atoms with van der Waals surface area (Å²) in [5, 5.41) is 13.5. The minimum atomic E-state index is 0.0357. The Hall–Kier alpha value is -1.79. The molecule has 1 rings (SSSR count). The first-order chi connectivity index (χ1) is 8.08. The highest BCUT2D eigenvalue weighted by atomic mass is 16.5. The molecule has 0 unspecified atom stereocenters. The van der Waals surface area contributed by atoms with Crippen LogP contribution in [0.5, 0.6) is 5.75 Å². The largest absolute Gasteiger partial charge is 0.496 e. The summed E-state index contributed by atoms with van der Waals surface area (Å²) in [6, 6.07) is 5.54. The molecule has 0 spiro atoms. The number of benzene rings is 1. The number of nitrogens with one attached hydrogen (secondary N) is 1. The van der Waals surface area contributed by atoms with Crippen molar-refractivity contribution in [2.75, 3.05) is 21.2 Å². The number of rotatable bonds is 5. The van der Waals surface area contributed by atoms with Crippen LogP contribution >= 0.6 is 0 Å². The number of hydrogen-bond acceptors (Lipinski definition) is 5. The number of ether oxygens (including phenoxy) is 1. The lowest BCUT2D eigenvalue weighted by Crippen LogP contribution is -2.29. The predicted molar refractivity (Wildman–Crippen MR) is 66.0 cm³/mol. The molecule has 17 heavy (non-hydrogen) atoms. The van der Waals surface area contributed by atoms with E-state index in [9.17, 15) is 0 Å². The van der Waals surface area contributed by atoms with Crippen LogP contribution in [0.1, 0.15) is 11.1 Å². The van der Waals surface area contributed by atoms with Crippen molar-refractivity contribution in [3.05, 3.63) is 29.3 Å². The van der Waals surface area contributed by atoms with Gasteiger partial charge in [0.15, 0.2) is 5.84 Å². The molecule has 4 N–H and O–H groups in total. The maximum Gasteiger partial charge on any atom is 0.173 e. The second-order valence-electron chi connectivity index (χ2n) is 3.75. The molecule has 6 heteroatoms. The van der Waals surface area contributed by atoms with Gasteiger partial charge in [0, 0.05) is 20.6 Å². The Morgan fingerprint density at radius 3 is 2.76 bits per heavy atom. The van der Waals surface area contributed by atoms with E-state index in [0.29, 0.717) is 17.9 Å². The molecular formula is C11H18N4O2. The van der Waals surface area contributed by atoms with E-state index >= 15 is 0 Å². The third-order valence-corrected chi connectivity index (χ3v) is 2.25. The lowest BCUT2D eigenvalue weighted by atomic mass is 10.1. The third kappa shape index (κ3) is 3.61. The molecule has 0 radical (unpaired) electrons. The Morgan fingerprint density at radius 1 is 1.53 bits per heavy atom. The molecule has 0 aliphatic rings. The Bertz CT molecular complexity index is 404. The van der Waals surface area contributed by atoms with E-state index in [-0.39, 0.29) is 5.84 Å². The van der Waals surface area contributed by atoms with Crippen molar-refractivity contribution >= 4 is 5.84 Å². The highest BCUT2D eigenvalue weighted by Crippen LogP contribution is 2.19. The number of amidine groups is 1. The van der Waals surface area contributed by atoms with Crippen LogP contribution in [0.15, 0.2) is 23.4 Å². The second-order valence-corrected chi connectivity index (χ2v) is 3.75. The first-order valence-corrected chi connectivity index (χ1v) is 5.14. The summed E-state index contributed by atoms with van der Waals surface area (Å²) >= 11 is 0. The summed E-state index contributed by atoms with van der Waals surface area (Å²) in [5.41, 5.74) is 10.3. The normalized spacial score (nSPS) is 11.9. The van der Waals surface area contributed by atoms with Crippen LogP contribution in [0.3, 0.4) is 0 Å². The van der Waals surface area contributed by atoms with Crippen LogP contribution in [0.25, 0.3) is 0 Å². The van der Waals surface area contributed by atoms with Gasteiger partial charge in [0.2, 0.25) is 0 Å². The predicted octanol–water partition coefficient (Wildman–Crippen LogP) is 0.356. The molecule has 0 amide bonds. The van der Waals surface area contributed by atoms with Gasteiger partial charge in [0.1, 0.15) is 5.75 Å². The van der Waals surface area contributed by atoms with E-state index < -0.39 is 0 Å². The fraction of sp³-hybridized carbons (Fsp3) is 0.364. The van der Waals surface area contributed by atoms with Gasteiger partial charge in [-0.25, -0.2) is 0 Å². The van der Waals surface area contributed by atoms with Crippen molar-refractivity contribution in [2.45, 2.75) is 6.54 Å². The Kier molecular flexibility index (Phi) is 4.74. The van der Waals surface area contributed by atoms with Crippen LogP contribution in [-0.2, 0) is 6.54 Å². The molecule has 0 fully saturated rings. The zero-order valence-corrected chi connectivity index (χ0v) is 10.3. The van der Waals surface area contributed by atoms with Gasteiger partial charge in [-0.2, -0.15) is 0 Å². The summed E-state index contributed by atoms with van der Waals surface area (Å²) in [6.45, 7) is 0.655. The number of oxime groups is 1. The minimum Gasteiger partial charge on any atom is -0.496 e. The summed E-state index contributed by atoms with van der Waals surface area (Å²) < 4.78 is 5.15. The second kappa shape index (κ2) is 6.07. The molecule has 0 heterocycles. The molecule has 0 aliphatic carbocycles. The molecule has 1 aromatic carbocycles. The monoisotopic (exact) mass is 238 g/mol. The van der Waals surface area contributed by atoms with Crippen molar-refractivity contribution in [1.29, 1.82) is 0 Å². The van der Waals surface area contributed by atoms with Gasteiger partial charge in [-0.15, -0.1) is 0 Å². The zero-order valence-electron chi connectivity index (χ0n) is 10.3.